The number of para-hydroxylation sites is 2. The SMILES string of the molecule is c1ccc(-c2ccc(N(c3ccccc3)c3ccc4c(oc5cc6ccccc6cc54)c3N(c3ccccc3)c3ccc(-c4ccccc4)cc3)cc2)cc1. The molecule has 1 heterocycles. The Balaban J connectivity index is 1.26. The molecule has 0 saturated carbocycles. The van der Waals surface area contributed by atoms with Crippen LogP contribution in [0.1, 0.15) is 0 Å². The van der Waals surface area contributed by atoms with Crippen LogP contribution < -0.4 is 9.80 Å². The fraction of sp³-hybridized carbons (Fsp3) is 0. The van der Waals surface area contributed by atoms with Crippen molar-refractivity contribution in [2.75, 3.05) is 9.80 Å². The minimum atomic E-state index is 0.820. The Morgan fingerprint density at radius 2 is 0.727 bits per heavy atom. The Kier molecular flexibility index (Phi) is 8.16. The topological polar surface area (TPSA) is 19.6 Å². The lowest BCUT2D eigenvalue weighted by molar-refractivity contribution is 0.669. The standard InChI is InChI=1S/C52H36N2O/c1-5-15-37(16-6-1)39-25-29-45(30-26-39)53(43-21-9-3-10-22-43)49-34-33-47-48-35-41-19-13-14-20-42(41)36-50(48)55-52(47)51(49)54(44-23-11-4-12-24-44)46-31-27-40(28-32-46)38-17-7-2-8-18-38/h1-36H. The van der Waals surface area contributed by atoms with Crippen molar-refractivity contribution in [3.8, 4) is 22.3 Å². The summed E-state index contributed by atoms with van der Waals surface area (Å²) in [6.45, 7) is 0. The summed E-state index contributed by atoms with van der Waals surface area (Å²) in [6.07, 6.45) is 0. The van der Waals surface area contributed by atoms with Gasteiger partial charge in [-0.05, 0) is 106 Å². The normalized spacial score (nSPS) is 11.3. The van der Waals surface area contributed by atoms with E-state index in [1.807, 2.05) is 0 Å². The number of anilines is 6. The summed E-state index contributed by atoms with van der Waals surface area (Å²) in [5.41, 5.74) is 12.5. The first kappa shape index (κ1) is 32.3. The van der Waals surface area contributed by atoms with E-state index in [2.05, 4.69) is 228 Å². The van der Waals surface area contributed by atoms with Gasteiger partial charge in [0.1, 0.15) is 11.3 Å². The van der Waals surface area contributed by atoms with Crippen molar-refractivity contribution >= 4 is 66.8 Å². The van der Waals surface area contributed by atoms with E-state index in [0.717, 1.165) is 67.0 Å². The maximum absolute atomic E-state index is 7.08. The average Bonchev–Trinajstić information content (AvgIpc) is 3.63. The van der Waals surface area contributed by atoms with E-state index in [1.54, 1.807) is 0 Å². The van der Waals surface area contributed by atoms with Gasteiger partial charge in [0.05, 0.1) is 5.69 Å². The summed E-state index contributed by atoms with van der Waals surface area (Å²) in [5, 5.41) is 4.49. The lowest BCUT2D eigenvalue weighted by Gasteiger charge is -2.33. The van der Waals surface area contributed by atoms with Crippen LogP contribution in [0.25, 0.3) is 55.0 Å². The van der Waals surface area contributed by atoms with Crippen LogP contribution in [0.5, 0.6) is 0 Å². The number of rotatable bonds is 8. The van der Waals surface area contributed by atoms with Gasteiger partial charge in [-0.2, -0.15) is 0 Å². The van der Waals surface area contributed by atoms with Gasteiger partial charge < -0.3 is 14.2 Å². The van der Waals surface area contributed by atoms with Gasteiger partial charge in [0.25, 0.3) is 0 Å². The molecule has 0 unspecified atom stereocenters. The second-order valence-corrected chi connectivity index (χ2v) is 13.8. The highest BCUT2D eigenvalue weighted by atomic mass is 16.3. The van der Waals surface area contributed by atoms with E-state index in [1.165, 1.54) is 22.1 Å². The Bertz CT molecular complexity index is 2890. The number of hydrogen-bond donors (Lipinski definition) is 0. The fourth-order valence-corrected chi connectivity index (χ4v) is 7.75. The summed E-state index contributed by atoms with van der Waals surface area (Å²) >= 11 is 0. The summed E-state index contributed by atoms with van der Waals surface area (Å²) in [7, 11) is 0. The van der Waals surface area contributed by atoms with Gasteiger partial charge in [0.15, 0.2) is 5.58 Å². The Morgan fingerprint density at radius 3 is 1.27 bits per heavy atom. The molecule has 0 N–H and O–H groups in total. The molecular formula is C52H36N2O. The first-order valence-electron chi connectivity index (χ1n) is 18.7. The zero-order valence-corrected chi connectivity index (χ0v) is 30.1. The van der Waals surface area contributed by atoms with Crippen molar-refractivity contribution in [2.24, 2.45) is 0 Å². The van der Waals surface area contributed by atoms with E-state index in [9.17, 15) is 0 Å². The fourth-order valence-electron chi connectivity index (χ4n) is 7.75. The maximum Gasteiger partial charge on any atom is 0.161 e. The van der Waals surface area contributed by atoms with Crippen molar-refractivity contribution in [3.05, 3.63) is 218 Å². The molecule has 10 rings (SSSR count). The van der Waals surface area contributed by atoms with Crippen molar-refractivity contribution in [3.63, 3.8) is 0 Å². The molecule has 3 heteroatoms. The van der Waals surface area contributed by atoms with Crippen LogP contribution in [0, 0.1) is 0 Å². The summed E-state index contributed by atoms with van der Waals surface area (Å²) in [4.78, 5) is 4.70. The van der Waals surface area contributed by atoms with Crippen LogP contribution >= 0.6 is 0 Å². The van der Waals surface area contributed by atoms with E-state index in [-0.39, 0.29) is 0 Å². The highest BCUT2D eigenvalue weighted by Crippen LogP contribution is 2.51. The van der Waals surface area contributed by atoms with Crippen molar-refractivity contribution in [1.29, 1.82) is 0 Å². The van der Waals surface area contributed by atoms with Crippen LogP contribution in [-0.4, -0.2) is 0 Å². The minimum absolute atomic E-state index is 0.820. The zero-order valence-electron chi connectivity index (χ0n) is 30.1. The first-order valence-corrected chi connectivity index (χ1v) is 18.7. The van der Waals surface area contributed by atoms with Gasteiger partial charge in [0, 0.05) is 33.5 Å². The molecule has 0 amide bonds. The van der Waals surface area contributed by atoms with Crippen LogP contribution in [0.15, 0.2) is 223 Å². The van der Waals surface area contributed by atoms with Gasteiger partial charge in [-0.3, -0.25) is 0 Å². The van der Waals surface area contributed by atoms with Gasteiger partial charge >= 0.3 is 0 Å². The third-order valence-electron chi connectivity index (χ3n) is 10.4. The number of benzene rings is 9. The maximum atomic E-state index is 7.08. The Hall–Kier alpha value is -7.36. The Labute approximate surface area is 320 Å². The van der Waals surface area contributed by atoms with Crippen molar-refractivity contribution in [2.45, 2.75) is 0 Å². The molecule has 10 aromatic rings. The molecule has 0 aliphatic carbocycles. The van der Waals surface area contributed by atoms with Crippen molar-refractivity contribution in [1.82, 2.24) is 0 Å². The third kappa shape index (κ3) is 5.98. The molecular weight excluding hydrogens is 669 g/mol. The van der Waals surface area contributed by atoms with E-state index in [4.69, 9.17) is 4.42 Å². The number of hydrogen-bond acceptors (Lipinski definition) is 3. The number of fused-ring (bicyclic) bond motifs is 4. The van der Waals surface area contributed by atoms with Crippen LogP contribution in [0.4, 0.5) is 34.1 Å². The van der Waals surface area contributed by atoms with Gasteiger partial charge in [0.2, 0.25) is 0 Å². The molecule has 260 valence electrons. The van der Waals surface area contributed by atoms with Crippen LogP contribution in [-0.2, 0) is 0 Å². The van der Waals surface area contributed by atoms with Crippen molar-refractivity contribution < 1.29 is 4.42 Å². The van der Waals surface area contributed by atoms with Crippen LogP contribution in [0.2, 0.25) is 0 Å². The van der Waals surface area contributed by atoms with E-state index >= 15 is 0 Å². The molecule has 55 heavy (non-hydrogen) atoms. The number of furan rings is 1. The summed E-state index contributed by atoms with van der Waals surface area (Å²) in [5.74, 6) is 0. The van der Waals surface area contributed by atoms with Gasteiger partial charge in [-0.1, -0.05) is 146 Å². The zero-order chi connectivity index (χ0) is 36.6. The van der Waals surface area contributed by atoms with Gasteiger partial charge in [-0.25, -0.2) is 0 Å². The molecule has 0 saturated heterocycles. The highest BCUT2D eigenvalue weighted by Gasteiger charge is 2.27. The predicted octanol–water partition coefficient (Wildman–Crippen LogP) is 15.0. The molecule has 0 fully saturated rings. The van der Waals surface area contributed by atoms with E-state index in [0.29, 0.717) is 0 Å². The second-order valence-electron chi connectivity index (χ2n) is 13.8. The van der Waals surface area contributed by atoms with Crippen LogP contribution in [0.3, 0.4) is 0 Å². The average molecular weight is 705 g/mol. The molecule has 1 aromatic heterocycles. The lowest BCUT2D eigenvalue weighted by atomic mass is 10.0. The molecule has 0 aliphatic rings. The molecule has 0 radical (unpaired) electrons. The quantitative estimate of drug-likeness (QED) is 0.157. The molecule has 0 bridgehead atoms. The highest BCUT2D eigenvalue weighted by molar-refractivity contribution is 6.16. The molecule has 0 atom stereocenters. The number of nitrogens with zero attached hydrogens (tertiary/aromatic N) is 2. The smallest absolute Gasteiger partial charge is 0.161 e. The molecule has 3 nitrogen and oxygen atoms in total. The molecule has 9 aromatic carbocycles. The minimum Gasteiger partial charge on any atom is -0.454 e. The Morgan fingerprint density at radius 1 is 0.309 bits per heavy atom. The monoisotopic (exact) mass is 704 g/mol. The van der Waals surface area contributed by atoms with Gasteiger partial charge in [-0.15, -0.1) is 0 Å². The second kappa shape index (κ2) is 13.9. The molecule has 0 spiro atoms. The third-order valence-corrected chi connectivity index (χ3v) is 10.4. The van der Waals surface area contributed by atoms with E-state index < -0.39 is 0 Å². The lowest BCUT2D eigenvalue weighted by Crippen LogP contribution is -2.17. The molecule has 0 aliphatic heterocycles. The summed E-state index contributed by atoms with van der Waals surface area (Å²) in [6, 6.07) is 77.4. The summed E-state index contributed by atoms with van der Waals surface area (Å²) < 4.78 is 7.08. The largest absolute Gasteiger partial charge is 0.454 e. The predicted molar refractivity (Wildman–Crippen MR) is 231 cm³/mol. The first-order chi connectivity index (χ1) is 27.3.